The van der Waals surface area contributed by atoms with Crippen LogP contribution in [-0.4, -0.2) is 155 Å². The molecule has 1 aromatic rings. The van der Waals surface area contributed by atoms with Crippen molar-refractivity contribution in [3.8, 4) is 0 Å². The first-order valence-electron chi connectivity index (χ1n) is 24.0. The monoisotopic (exact) mass is 1180 g/mol. The van der Waals surface area contributed by atoms with Crippen LogP contribution in [0, 0.1) is 23.7 Å². The van der Waals surface area contributed by atoms with E-state index in [4.69, 9.17) is 53.5 Å². The number of likely N-dealkylation sites (N-methyl/N-ethyl adjacent to an activating group) is 1. The van der Waals surface area contributed by atoms with Crippen molar-refractivity contribution in [2.45, 2.75) is 198 Å². The van der Waals surface area contributed by atoms with Crippen LogP contribution >= 0.6 is 47.8 Å². The summed E-state index contributed by atoms with van der Waals surface area (Å²) in [6.07, 6.45) is -6.50. The zero-order valence-electron chi connectivity index (χ0n) is 42.7. The second kappa shape index (κ2) is 22.9. The SMILES string of the molecule is CC/C(=C\c1c(Br)cc(Br)c(N)c1Br)C(=O)O.CCC1OC(=O)C(C)C(OC2CC(C)(OC)C(O)C(C)O2)C(C)C(OC2OC(C)CC(N(C)C)C2O)C2(C)CC(C)C(O)(O2)C(C)C2OC(=O)OC12C. The van der Waals surface area contributed by atoms with Crippen LogP contribution in [0.4, 0.5) is 10.5 Å². The van der Waals surface area contributed by atoms with E-state index < -0.39 is 120 Å². The first-order chi connectivity index (χ1) is 32.4. The lowest BCUT2D eigenvalue weighted by atomic mass is 9.75. The van der Waals surface area contributed by atoms with Gasteiger partial charge in [-0.05, 0) is 125 Å². The number of methoxy groups -OCH3 is 1. The lowest BCUT2D eigenvalue weighted by molar-refractivity contribution is -0.337. The van der Waals surface area contributed by atoms with E-state index in [0.717, 1.165) is 14.5 Å². The highest BCUT2D eigenvalue weighted by molar-refractivity contribution is 9.11. The van der Waals surface area contributed by atoms with E-state index in [0.29, 0.717) is 28.6 Å². The van der Waals surface area contributed by atoms with Crippen LogP contribution in [0.3, 0.4) is 0 Å². The normalized spacial score (nSPS) is 42.5. The Hall–Kier alpha value is -1.99. The predicted molar refractivity (Wildman–Crippen MR) is 268 cm³/mol. The Kier molecular flexibility index (Phi) is 19.2. The van der Waals surface area contributed by atoms with Gasteiger partial charge >= 0.3 is 18.1 Å². The van der Waals surface area contributed by atoms with E-state index in [-0.39, 0.29) is 31.4 Å². The van der Waals surface area contributed by atoms with Crippen LogP contribution in [0.1, 0.15) is 114 Å². The fourth-order valence-electron chi connectivity index (χ4n) is 11.0. The molecule has 2 bridgehead atoms. The molecule has 5 fully saturated rings. The standard InChI is InChI=1S/C38H65NO14.C11H10Br3NO2/c1-14-25-37(10)31(51-34(43)52-37)22(6)38(44)18(2)16-36(9,53-38)30(50-33-27(40)24(39(11)12)15-19(3)46-33)20(4)28(21(5)32(42)48-25)49-26-17-35(8,45-13)29(41)23(7)47-26;1-2-5(11(16)17)3-6-7(12)4-8(13)10(15)9(6)14/h18-31,33,40-41,44H,14-17H2,1-13H3;3-4H,2,15H2,1H3,(H,16,17)/b;5-3+. The van der Waals surface area contributed by atoms with Crippen molar-refractivity contribution in [2.24, 2.45) is 23.7 Å². The third kappa shape index (κ3) is 11.8. The van der Waals surface area contributed by atoms with Gasteiger partial charge in [0.2, 0.25) is 0 Å². The lowest BCUT2D eigenvalue weighted by Crippen LogP contribution is -2.60. The highest BCUT2D eigenvalue weighted by Crippen LogP contribution is 2.54. The van der Waals surface area contributed by atoms with Crippen molar-refractivity contribution in [1.29, 1.82) is 0 Å². The van der Waals surface area contributed by atoms with Crippen LogP contribution in [0.2, 0.25) is 0 Å². The molecule has 0 aliphatic carbocycles. The van der Waals surface area contributed by atoms with Crippen LogP contribution < -0.4 is 5.73 Å². The van der Waals surface area contributed by atoms with Gasteiger partial charge in [0, 0.05) is 56.0 Å². The number of halogens is 3. The summed E-state index contributed by atoms with van der Waals surface area (Å²) < 4.78 is 58.7. The number of hydrogen-bond donors (Lipinski definition) is 5. The number of anilines is 1. The number of carbonyl (C=O) groups excluding carboxylic acids is 2. The zero-order chi connectivity index (χ0) is 52.7. The van der Waals surface area contributed by atoms with Gasteiger partial charge < -0.3 is 73.7 Å². The molecule has 19 unspecified atom stereocenters. The molecule has 6 N–H and O–H groups in total. The van der Waals surface area contributed by atoms with Gasteiger partial charge in [-0.25, -0.2) is 9.59 Å². The minimum absolute atomic E-state index is 0.144. The average Bonchev–Trinajstić information content (AvgIpc) is 3.74. The number of aliphatic hydroxyl groups excluding tert-OH is 2. The number of hydrogen-bond acceptors (Lipinski definition) is 17. The number of carbonyl (C=O) groups is 3. The van der Waals surface area contributed by atoms with Gasteiger partial charge in [-0.1, -0.05) is 50.5 Å². The Bertz CT molecular complexity index is 2090. The molecule has 0 amide bonds. The number of nitrogens with zero attached hydrogens (tertiary/aromatic N) is 1. The molecule has 0 aromatic heterocycles. The number of aliphatic carboxylic acids is 1. The first-order valence-corrected chi connectivity index (χ1v) is 26.4. The molecule has 1 aromatic carbocycles. The Morgan fingerprint density at radius 2 is 1.61 bits per heavy atom. The fraction of sp³-hybridized carbons (Fsp3) is 0.776. The maximum absolute atomic E-state index is 14.4. The van der Waals surface area contributed by atoms with Crippen molar-refractivity contribution < 1.29 is 77.4 Å². The number of carboxylic acids is 1. The number of fused-ring (bicyclic) bond motifs is 3. The summed E-state index contributed by atoms with van der Waals surface area (Å²) in [5.41, 5.74) is 3.70. The van der Waals surface area contributed by atoms with Gasteiger partial charge in [0.15, 0.2) is 30.1 Å². The van der Waals surface area contributed by atoms with E-state index in [9.17, 15) is 29.7 Å². The summed E-state index contributed by atoms with van der Waals surface area (Å²) >= 11 is 10.1. The molecule has 0 spiro atoms. The minimum Gasteiger partial charge on any atom is -0.478 e. The number of nitrogen functional groups attached to an aromatic ring is 1. The molecule has 398 valence electrons. The quantitative estimate of drug-likeness (QED) is 0.0862. The molecule has 70 heavy (non-hydrogen) atoms. The molecule has 18 nitrogen and oxygen atoms in total. The van der Waals surface area contributed by atoms with Crippen LogP contribution in [-0.2, 0) is 52.2 Å². The number of rotatable bonds is 10. The Morgan fingerprint density at radius 1 is 0.971 bits per heavy atom. The fourth-order valence-corrected chi connectivity index (χ4v) is 13.4. The summed E-state index contributed by atoms with van der Waals surface area (Å²) in [6.45, 7) is 19.7. The summed E-state index contributed by atoms with van der Waals surface area (Å²) in [5.74, 6) is -6.43. The molecule has 0 radical (unpaired) electrons. The second-order valence-corrected chi connectivity index (χ2v) is 23.1. The Labute approximate surface area is 437 Å². The summed E-state index contributed by atoms with van der Waals surface area (Å²) in [5, 5.41) is 44.2. The smallest absolute Gasteiger partial charge is 0.478 e. The van der Waals surface area contributed by atoms with Crippen molar-refractivity contribution in [2.75, 3.05) is 26.9 Å². The Balaban J connectivity index is 0.000000453. The van der Waals surface area contributed by atoms with E-state index in [2.05, 4.69) is 47.8 Å². The number of carboxylic acid groups (broad SMARTS) is 1. The molecule has 6 rings (SSSR count). The zero-order valence-corrected chi connectivity index (χ0v) is 47.5. The number of nitrogens with two attached hydrogens (primary N) is 1. The highest BCUT2D eigenvalue weighted by Gasteiger charge is 2.67. The molecule has 0 saturated carbocycles. The van der Waals surface area contributed by atoms with Crippen molar-refractivity contribution >= 4 is 77.6 Å². The van der Waals surface area contributed by atoms with E-state index >= 15 is 0 Å². The molecular weight excluding hydrogens is 1110 g/mol. The second-order valence-electron chi connectivity index (χ2n) is 20.6. The van der Waals surface area contributed by atoms with Crippen LogP contribution in [0.25, 0.3) is 6.08 Å². The van der Waals surface area contributed by atoms with Gasteiger partial charge in [-0.15, -0.1) is 0 Å². The van der Waals surface area contributed by atoms with Gasteiger partial charge in [-0.2, -0.15) is 0 Å². The minimum atomic E-state index is -1.86. The maximum atomic E-state index is 14.4. The number of cyclic esters (lactones) is 1. The van der Waals surface area contributed by atoms with E-state index in [1.165, 1.54) is 7.11 Å². The maximum Gasteiger partial charge on any atom is 0.509 e. The predicted octanol–water partition coefficient (Wildman–Crippen LogP) is 7.56. The van der Waals surface area contributed by atoms with E-state index in [1.54, 1.807) is 53.7 Å². The van der Waals surface area contributed by atoms with Gasteiger partial charge in [-0.3, -0.25) is 4.79 Å². The van der Waals surface area contributed by atoms with Crippen LogP contribution in [0.15, 0.2) is 25.1 Å². The summed E-state index contributed by atoms with van der Waals surface area (Å²) in [4.78, 5) is 40.1. The number of aliphatic hydroxyl groups is 3. The van der Waals surface area contributed by atoms with Gasteiger partial charge in [0.1, 0.15) is 18.3 Å². The molecule has 5 saturated heterocycles. The van der Waals surface area contributed by atoms with Gasteiger partial charge in [0.25, 0.3) is 0 Å². The van der Waals surface area contributed by atoms with Gasteiger partial charge in [0.05, 0.1) is 53.1 Å². The molecule has 5 heterocycles. The molecule has 21 heteroatoms. The van der Waals surface area contributed by atoms with E-state index in [1.807, 2.05) is 53.6 Å². The molecule has 5 aliphatic heterocycles. The van der Waals surface area contributed by atoms with Crippen LogP contribution in [0.5, 0.6) is 0 Å². The van der Waals surface area contributed by atoms with Crippen molar-refractivity contribution in [3.05, 3.63) is 30.6 Å². The molecule has 5 aliphatic rings. The summed E-state index contributed by atoms with van der Waals surface area (Å²) in [6, 6.07) is 1.51. The summed E-state index contributed by atoms with van der Waals surface area (Å²) in [7, 11) is 5.29. The first kappa shape index (κ1) is 58.9. The van der Waals surface area contributed by atoms with Crippen molar-refractivity contribution in [3.63, 3.8) is 0 Å². The third-order valence-electron chi connectivity index (χ3n) is 15.3. The number of benzene rings is 1. The molecular formula is C49H75Br3N2O16. The third-order valence-corrected chi connectivity index (χ3v) is 17.5. The lowest BCUT2D eigenvalue weighted by Gasteiger charge is -2.49. The Morgan fingerprint density at radius 3 is 2.19 bits per heavy atom. The molecule has 19 atom stereocenters. The largest absolute Gasteiger partial charge is 0.509 e. The number of esters is 1. The average molecular weight is 1190 g/mol. The number of ether oxygens (including phenoxy) is 9. The van der Waals surface area contributed by atoms with Crippen molar-refractivity contribution in [1.82, 2.24) is 4.90 Å². The topological polar surface area (TPSA) is 244 Å². The highest BCUT2D eigenvalue weighted by atomic mass is 79.9.